The predicted molar refractivity (Wildman–Crippen MR) is 64.0 cm³/mol. The summed E-state index contributed by atoms with van der Waals surface area (Å²) < 4.78 is 59.8. The van der Waals surface area contributed by atoms with Gasteiger partial charge in [-0.1, -0.05) is 0 Å². The van der Waals surface area contributed by atoms with Crippen LogP contribution in [0.15, 0.2) is 21.9 Å². The van der Waals surface area contributed by atoms with E-state index in [-0.39, 0.29) is 12.1 Å². The van der Waals surface area contributed by atoms with Crippen LogP contribution in [0.4, 0.5) is 13.2 Å². The first kappa shape index (κ1) is 16.1. The second kappa shape index (κ2) is 5.58. The summed E-state index contributed by atoms with van der Waals surface area (Å²) in [4.78, 5) is -1.52. The molecule has 0 fully saturated rings. The highest BCUT2D eigenvalue weighted by atomic mass is 35.7. The highest BCUT2D eigenvalue weighted by molar-refractivity contribution is 8.14. The molecule has 104 valence electrons. The zero-order valence-corrected chi connectivity index (χ0v) is 11.4. The number of nitrogens with two attached hydrogens (primary N) is 1. The van der Waals surface area contributed by atoms with E-state index in [2.05, 4.69) is 0 Å². The number of alkyl halides is 3. The SMILES string of the molecule is N#Cc1cc(CN)cc(SC(F)(F)F)c1S(=O)(=O)Cl. The quantitative estimate of drug-likeness (QED) is 0.680. The average molecular weight is 331 g/mol. The van der Waals surface area contributed by atoms with Crippen molar-refractivity contribution in [2.24, 2.45) is 5.73 Å². The molecule has 0 bridgehead atoms. The van der Waals surface area contributed by atoms with Crippen molar-refractivity contribution in [1.82, 2.24) is 0 Å². The van der Waals surface area contributed by atoms with Gasteiger partial charge in [0.1, 0.15) is 11.0 Å². The Bertz CT molecular complexity index is 638. The van der Waals surface area contributed by atoms with Crippen LogP contribution in [0.1, 0.15) is 11.1 Å². The maximum absolute atomic E-state index is 12.4. The molecule has 1 rings (SSSR count). The van der Waals surface area contributed by atoms with Crippen LogP contribution < -0.4 is 5.73 Å². The van der Waals surface area contributed by atoms with Crippen LogP contribution in [0, 0.1) is 11.3 Å². The minimum absolute atomic E-state index is 0.136. The van der Waals surface area contributed by atoms with Crippen LogP contribution in [0.2, 0.25) is 0 Å². The van der Waals surface area contributed by atoms with Crippen molar-refractivity contribution >= 4 is 31.5 Å². The van der Waals surface area contributed by atoms with E-state index < -0.39 is 41.7 Å². The van der Waals surface area contributed by atoms with Gasteiger partial charge in [0.15, 0.2) is 0 Å². The fraction of sp³-hybridized carbons (Fsp3) is 0.222. The molecule has 0 saturated carbocycles. The predicted octanol–water partition coefficient (Wildman–Crippen LogP) is 2.56. The first-order valence-electron chi connectivity index (χ1n) is 4.56. The third-order valence-electron chi connectivity index (χ3n) is 1.94. The molecule has 0 heterocycles. The number of hydrogen-bond donors (Lipinski definition) is 1. The molecule has 10 heteroatoms. The number of rotatable bonds is 3. The molecule has 0 saturated heterocycles. The Morgan fingerprint density at radius 3 is 2.37 bits per heavy atom. The van der Waals surface area contributed by atoms with E-state index in [0.29, 0.717) is 0 Å². The number of nitriles is 1. The molecule has 0 aromatic heterocycles. The summed E-state index contributed by atoms with van der Waals surface area (Å²) in [7, 11) is 0.596. The molecular formula is C9H6ClF3N2O2S2. The fourth-order valence-electron chi connectivity index (χ4n) is 1.31. The Kier molecular flexibility index (Phi) is 4.73. The Labute approximate surface area is 115 Å². The van der Waals surface area contributed by atoms with E-state index >= 15 is 0 Å². The van der Waals surface area contributed by atoms with E-state index in [1.807, 2.05) is 0 Å². The first-order valence-corrected chi connectivity index (χ1v) is 7.68. The molecule has 4 nitrogen and oxygen atoms in total. The van der Waals surface area contributed by atoms with Crippen molar-refractivity contribution in [1.29, 1.82) is 5.26 Å². The summed E-state index contributed by atoms with van der Waals surface area (Å²) in [5.74, 6) is 0. The fourth-order valence-corrected chi connectivity index (χ4v) is 3.73. The van der Waals surface area contributed by atoms with Gasteiger partial charge in [0.05, 0.1) is 5.56 Å². The van der Waals surface area contributed by atoms with Gasteiger partial charge in [-0.3, -0.25) is 0 Å². The molecule has 0 unspecified atom stereocenters. The zero-order chi connectivity index (χ0) is 14.8. The normalized spacial score (nSPS) is 12.2. The molecule has 0 aliphatic rings. The lowest BCUT2D eigenvalue weighted by Gasteiger charge is -2.12. The third-order valence-corrected chi connectivity index (χ3v) is 4.23. The first-order chi connectivity index (χ1) is 8.58. The van der Waals surface area contributed by atoms with Gasteiger partial charge in [-0.2, -0.15) is 18.4 Å². The lowest BCUT2D eigenvalue weighted by atomic mass is 10.1. The number of benzene rings is 1. The molecule has 0 aliphatic heterocycles. The topological polar surface area (TPSA) is 83.9 Å². The molecule has 19 heavy (non-hydrogen) atoms. The van der Waals surface area contributed by atoms with Crippen LogP contribution in [0.25, 0.3) is 0 Å². The van der Waals surface area contributed by atoms with Gasteiger partial charge < -0.3 is 5.73 Å². The van der Waals surface area contributed by atoms with Crippen molar-refractivity contribution in [3.05, 3.63) is 23.3 Å². The number of halogens is 4. The minimum Gasteiger partial charge on any atom is -0.326 e. The Morgan fingerprint density at radius 1 is 1.42 bits per heavy atom. The summed E-state index contributed by atoms with van der Waals surface area (Å²) in [5.41, 5.74) is 0.304. The molecule has 0 amide bonds. The van der Waals surface area contributed by atoms with Gasteiger partial charge >= 0.3 is 5.51 Å². The van der Waals surface area contributed by atoms with E-state index in [1.165, 1.54) is 6.07 Å². The van der Waals surface area contributed by atoms with Crippen molar-refractivity contribution in [3.8, 4) is 6.07 Å². The average Bonchev–Trinajstić information content (AvgIpc) is 2.23. The zero-order valence-electron chi connectivity index (χ0n) is 9.03. The monoisotopic (exact) mass is 330 g/mol. The van der Waals surface area contributed by atoms with Gasteiger partial charge in [-0.15, -0.1) is 0 Å². The Morgan fingerprint density at radius 2 is 2.00 bits per heavy atom. The second-order valence-corrected chi connectivity index (χ2v) is 6.88. The van der Waals surface area contributed by atoms with Crippen LogP contribution in [-0.2, 0) is 15.6 Å². The summed E-state index contributed by atoms with van der Waals surface area (Å²) >= 11 is -0.657. The molecule has 2 N–H and O–H groups in total. The smallest absolute Gasteiger partial charge is 0.326 e. The molecule has 0 atom stereocenters. The minimum atomic E-state index is -4.71. The van der Waals surface area contributed by atoms with Crippen molar-refractivity contribution in [2.45, 2.75) is 21.8 Å². The van der Waals surface area contributed by atoms with Gasteiger partial charge in [0, 0.05) is 22.1 Å². The van der Waals surface area contributed by atoms with Crippen LogP contribution in [-0.4, -0.2) is 13.9 Å². The highest BCUT2D eigenvalue weighted by Crippen LogP contribution is 2.42. The lowest BCUT2D eigenvalue weighted by Crippen LogP contribution is -2.07. The molecule has 0 spiro atoms. The molecule has 1 aromatic carbocycles. The van der Waals surface area contributed by atoms with Gasteiger partial charge in [-0.05, 0) is 29.5 Å². The standard InChI is InChI=1S/C9H6ClF3N2O2S2/c10-19(16,17)8-6(4-15)1-5(3-14)2-7(8)18-9(11,12)13/h1-2H,3,14H2. The Balaban J connectivity index is 3.62. The largest absolute Gasteiger partial charge is 0.446 e. The molecular weight excluding hydrogens is 325 g/mol. The van der Waals surface area contributed by atoms with E-state index in [4.69, 9.17) is 21.7 Å². The summed E-state index contributed by atoms with van der Waals surface area (Å²) in [6.45, 7) is -0.136. The number of hydrogen-bond acceptors (Lipinski definition) is 5. The summed E-state index contributed by atoms with van der Waals surface area (Å²) in [5, 5.41) is 8.82. The van der Waals surface area contributed by atoms with Gasteiger partial charge in [0.2, 0.25) is 0 Å². The van der Waals surface area contributed by atoms with Crippen molar-refractivity contribution < 1.29 is 21.6 Å². The maximum Gasteiger partial charge on any atom is 0.446 e. The van der Waals surface area contributed by atoms with E-state index in [1.54, 1.807) is 0 Å². The lowest BCUT2D eigenvalue weighted by molar-refractivity contribution is -0.0328. The molecule has 0 radical (unpaired) electrons. The number of nitrogens with zero attached hydrogens (tertiary/aromatic N) is 1. The summed E-state index contributed by atoms with van der Waals surface area (Å²) in [6, 6.07) is 3.55. The van der Waals surface area contributed by atoms with Crippen LogP contribution in [0.3, 0.4) is 0 Å². The van der Waals surface area contributed by atoms with Gasteiger partial charge in [-0.25, -0.2) is 8.42 Å². The number of thioether (sulfide) groups is 1. The van der Waals surface area contributed by atoms with E-state index in [0.717, 1.165) is 12.1 Å². The van der Waals surface area contributed by atoms with Crippen molar-refractivity contribution in [2.75, 3.05) is 0 Å². The van der Waals surface area contributed by atoms with Gasteiger partial charge in [0.25, 0.3) is 9.05 Å². The van der Waals surface area contributed by atoms with Crippen LogP contribution >= 0.6 is 22.4 Å². The highest BCUT2D eigenvalue weighted by Gasteiger charge is 2.34. The van der Waals surface area contributed by atoms with E-state index in [9.17, 15) is 21.6 Å². The molecule has 1 aromatic rings. The molecule has 0 aliphatic carbocycles. The van der Waals surface area contributed by atoms with Crippen LogP contribution in [0.5, 0.6) is 0 Å². The summed E-state index contributed by atoms with van der Waals surface area (Å²) in [6.07, 6.45) is 0. The maximum atomic E-state index is 12.4. The third kappa shape index (κ3) is 4.28. The second-order valence-electron chi connectivity index (χ2n) is 3.27. The van der Waals surface area contributed by atoms with Crippen molar-refractivity contribution in [3.63, 3.8) is 0 Å². The Hall–Kier alpha value is -0.950.